The lowest BCUT2D eigenvalue weighted by Gasteiger charge is -2.08. The summed E-state index contributed by atoms with van der Waals surface area (Å²) in [6.07, 6.45) is 2.15. The van der Waals surface area contributed by atoms with Crippen molar-refractivity contribution >= 4 is 22.5 Å². The Kier molecular flexibility index (Phi) is 4.47. The van der Waals surface area contributed by atoms with Crippen LogP contribution < -0.4 is 10.6 Å². The molecule has 0 atom stereocenters. The van der Waals surface area contributed by atoms with Gasteiger partial charge in [0, 0.05) is 24.4 Å². The van der Waals surface area contributed by atoms with E-state index in [9.17, 15) is 4.79 Å². The standard InChI is InChI=1S/C15H19N3O/c1-11(2)16-8-7-15(19)18-13-9-12-5-3-4-6-14(12)17-10-13/h3-6,9-11,16H,7-8H2,1-2H3,(H,18,19). The number of aromatic nitrogens is 1. The molecule has 100 valence electrons. The van der Waals surface area contributed by atoms with Gasteiger partial charge in [-0.05, 0) is 12.1 Å². The minimum absolute atomic E-state index is 0.00484. The molecule has 1 amide bonds. The summed E-state index contributed by atoms with van der Waals surface area (Å²) in [5, 5.41) is 7.11. The van der Waals surface area contributed by atoms with Gasteiger partial charge in [0.2, 0.25) is 5.91 Å². The molecule has 0 radical (unpaired) electrons. The van der Waals surface area contributed by atoms with Crippen LogP contribution in [-0.4, -0.2) is 23.5 Å². The first-order valence-corrected chi connectivity index (χ1v) is 6.53. The number of para-hydroxylation sites is 1. The number of benzene rings is 1. The smallest absolute Gasteiger partial charge is 0.225 e. The van der Waals surface area contributed by atoms with E-state index in [1.807, 2.05) is 30.3 Å². The summed E-state index contributed by atoms with van der Waals surface area (Å²) in [5.74, 6) is 0.00484. The van der Waals surface area contributed by atoms with Gasteiger partial charge < -0.3 is 10.6 Å². The molecule has 1 aromatic carbocycles. The van der Waals surface area contributed by atoms with Crippen LogP contribution in [0, 0.1) is 0 Å². The van der Waals surface area contributed by atoms with Gasteiger partial charge >= 0.3 is 0 Å². The second-order valence-electron chi connectivity index (χ2n) is 4.82. The Morgan fingerprint density at radius 1 is 1.32 bits per heavy atom. The van der Waals surface area contributed by atoms with Gasteiger partial charge in [0.15, 0.2) is 0 Å². The van der Waals surface area contributed by atoms with Crippen LogP contribution in [0.15, 0.2) is 36.5 Å². The summed E-state index contributed by atoms with van der Waals surface area (Å²) in [6.45, 7) is 4.81. The molecule has 2 aromatic rings. The molecule has 1 aromatic heterocycles. The predicted molar refractivity (Wildman–Crippen MR) is 78.1 cm³/mol. The monoisotopic (exact) mass is 257 g/mol. The van der Waals surface area contributed by atoms with E-state index in [-0.39, 0.29) is 5.91 Å². The van der Waals surface area contributed by atoms with E-state index in [0.29, 0.717) is 19.0 Å². The molecule has 0 bridgehead atoms. The molecule has 0 aliphatic heterocycles. The maximum atomic E-state index is 11.8. The maximum absolute atomic E-state index is 11.8. The maximum Gasteiger partial charge on any atom is 0.225 e. The highest BCUT2D eigenvalue weighted by atomic mass is 16.1. The van der Waals surface area contributed by atoms with E-state index in [4.69, 9.17) is 0 Å². The molecule has 0 aliphatic rings. The zero-order valence-electron chi connectivity index (χ0n) is 11.3. The predicted octanol–water partition coefficient (Wildman–Crippen LogP) is 2.56. The Bertz CT molecular complexity index is 566. The highest BCUT2D eigenvalue weighted by molar-refractivity contribution is 5.93. The molecule has 4 nitrogen and oxygen atoms in total. The first-order valence-electron chi connectivity index (χ1n) is 6.53. The van der Waals surface area contributed by atoms with Crippen molar-refractivity contribution in [2.24, 2.45) is 0 Å². The van der Waals surface area contributed by atoms with E-state index in [1.165, 1.54) is 0 Å². The molecule has 2 rings (SSSR count). The van der Waals surface area contributed by atoms with Crippen molar-refractivity contribution in [3.63, 3.8) is 0 Å². The average Bonchev–Trinajstić information content (AvgIpc) is 2.38. The van der Waals surface area contributed by atoms with Crippen LogP contribution in [0.1, 0.15) is 20.3 Å². The normalized spacial score (nSPS) is 10.9. The van der Waals surface area contributed by atoms with Crippen molar-refractivity contribution < 1.29 is 4.79 Å². The third-order valence-corrected chi connectivity index (χ3v) is 2.78. The summed E-state index contributed by atoms with van der Waals surface area (Å²) < 4.78 is 0. The van der Waals surface area contributed by atoms with Gasteiger partial charge in [0.1, 0.15) is 0 Å². The van der Waals surface area contributed by atoms with Crippen LogP contribution in [0.4, 0.5) is 5.69 Å². The number of hydrogen-bond donors (Lipinski definition) is 2. The van der Waals surface area contributed by atoms with Crippen molar-refractivity contribution in [1.29, 1.82) is 0 Å². The Morgan fingerprint density at radius 3 is 2.89 bits per heavy atom. The van der Waals surface area contributed by atoms with Gasteiger partial charge in [-0.25, -0.2) is 0 Å². The minimum atomic E-state index is 0.00484. The first kappa shape index (κ1) is 13.5. The number of hydrogen-bond acceptors (Lipinski definition) is 3. The van der Waals surface area contributed by atoms with Gasteiger partial charge in [-0.3, -0.25) is 9.78 Å². The zero-order chi connectivity index (χ0) is 13.7. The van der Waals surface area contributed by atoms with Gasteiger partial charge in [-0.2, -0.15) is 0 Å². The van der Waals surface area contributed by atoms with E-state index in [1.54, 1.807) is 6.20 Å². The summed E-state index contributed by atoms with van der Waals surface area (Å²) in [5.41, 5.74) is 1.68. The fourth-order valence-corrected chi connectivity index (χ4v) is 1.84. The van der Waals surface area contributed by atoms with Crippen LogP contribution in [0.2, 0.25) is 0 Å². The third kappa shape index (κ3) is 4.03. The highest BCUT2D eigenvalue weighted by Gasteiger charge is 2.04. The fraction of sp³-hybridized carbons (Fsp3) is 0.333. The Labute approximate surface area is 113 Å². The van der Waals surface area contributed by atoms with Crippen molar-refractivity contribution in [2.75, 3.05) is 11.9 Å². The van der Waals surface area contributed by atoms with Gasteiger partial charge in [-0.1, -0.05) is 32.0 Å². The molecule has 0 aliphatic carbocycles. The van der Waals surface area contributed by atoms with Gasteiger partial charge in [0.25, 0.3) is 0 Å². The molecule has 1 heterocycles. The lowest BCUT2D eigenvalue weighted by Crippen LogP contribution is -2.27. The van der Waals surface area contributed by atoms with Crippen LogP contribution in [0.3, 0.4) is 0 Å². The van der Waals surface area contributed by atoms with Crippen molar-refractivity contribution in [3.8, 4) is 0 Å². The largest absolute Gasteiger partial charge is 0.325 e. The second kappa shape index (κ2) is 6.29. The number of pyridine rings is 1. The topological polar surface area (TPSA) is 54.0 Å². The number of amides is 1. The Morgan fingerprint density at radius 2 is 2.11 bits per heavy atom. The van der Waals surface area contributed by atoms with Crippen LogP contribution in [0.5, 0.6) is 0 Å². The van der Waals surface area contributed by atoms with Crippen molar-refractivity contribution in [2.45, 2.75) is 26.3 Å². The van der Waals surface area contributed by atoms with Crippen molar-refractivity contribution in [3.05, 3.63) is 36.5 Å². The van der Waals surface area contributed by atoms with E-state index >= 15 is 0 Å². The molecular weight excluding hydrogens is 238 g/mol. The zero-order valence-corrected chi connectivity index (χ0v) is 11.3. The molecule has 0 fully saturated rings. The Hall–Kier alpha value is -1.94. The number of nitrogens with zero attached hydrogens (tertiary/aromatic N) is 1. The lowest BCUT2D eigenvalue weighted by atomic mass is 10.2. The van der Waals surface area contributed by atoms with Crippen LogP contribution in [0.25, 0.3) is 10.9 Å². The van der Waals surface area contributed by atoms with E-state index < -0.39 is 0 Å². The van der Waals surface area contributed by atoms with Gasteiger partial charge in [-0.15, -0.1) is 0 Å². The number of nitrogens with one attached hydrogen (secondary N) is 2. The molecule has 19 heavy (non-hydrogen) atoms. The third-order valence-electron chi connectivity index (χ3n) is 2.78. The summed E-state index contributed by atoms with van der Waals surface area (Å²) in [7, 11) is 0. The lowest BCUT2D eigenvalue weighted by molar-refractivity contribution is -0.116. The van der Waals surface area contributed by atoms with Crippen molar-refractivity contribution in [1.82, 2.24) is 10.3 Å². The summed E-state index contributed by atoms with van der Waals surface area (Å²) in [6, 6.07) is 10.2. The summed E-state index contributed by atoms with van der Waals surface area (Å²) in [4.78, 5) is 16.1. The average molecular weight is 257 g/mol. The molecule has 0 spiro atoms. The number of carbonyl (C=O) groups is 1. The summed E-state index contributed by atoms with van der Waals surface area (Å²) >= 11 is 0. The minimum Gasteiger partial charge on any atom is -0.325 e. The van der Waals surface area contributed by atoms with Crippen LogP contribution >= 0.6 is 0 Å². The van der Waals surface area contributed by atoms with Gasteiger partial charge in [0.05, 0.1) is 17.4 Å². The molecule has 0 saturated heterocycles. The molecular formula is C15H19N3O. The highest BCUT2D eigenvalue weighted by Crippen LogP contribution is 2.15. The fourth-order valence-electron chi connectivity index (χ4n) is 1.84. The van der Waals surface area contributed by atoms with Crippen LogP contribution in [-0.2, 0) is 4.79 Å². The molecule has 2 N–H and O–H groups in total. The number of rotatable bonds is 5. The molecule has 0 saturated carbocycles. The Balaban J connectivity index is 1.95. The van der Waals surface area contributed by atoms with E-state index in [2.05, 4.69) is 29.5 Å². The first-order chi connectivity index (χ1) is 9.15. The molecule has 0 unspecified atom stereocenters. The van der Waals surface area contributed by atoms with E-state index in [0.717, 1.165) is 16.6 Å². The SMILES string of the molecule is CC(C)NCCC(=O)Nc1cnc2ccccc2c1. The second-order valence-corrected chi connectivity index (χ2v) is 4.82. The number of anilines is 1. The molecule has 4 heteroatoms. The number of carbonyl (C=O) groups excluding carboxylic acids is 1. The quantitative estimate of drug-likeness (QED) is 0.865. The number of fused-ring (bicyclic) bond motifs is 1.